The van der Waals surface area contributed by atoms with E-state index in [4.69, 9.17) is 5.73 Å². The average Bonchev–Trinajstić information content (AvgIpc) is 2.62. The SMILES string of the molecule is NC1CCN(C(=O)CC([C]=O)Cc2cccc3ccccc23)CC1. The van der Waals surface area contributed by atoms with E-state index in [1.807, 2.05) is 29.2 Å². The lowest BCUT2D eigenvalue weighted by molar-refractivity contribution is -0.132. The maximum atomic E-state index is 12.4. The lowest BCUT2D eigenvalue weighted by Crippen LogP contribution is -2.43. The van der Waals surface area contributed by atoms with Crippen molar-refractivity contribution in [3.05, 3.63) is 48.0 Å². The zero-order valence-corrected chi connectivity index (χ0v) is 13.8. The van der Waals surface area contributed by atoms with Crippen LogP contribution >= 0.6 is 0 Å². The number of likely N-dealkylation sites (tertiary alicyclic amines) is 1. The van der Waals surface area contributed by atoms with Crippen LogP contribution in [-0.4, -0.2) is 36.2 Å². The molecule has 3 rings (SSSR count). The summed E-state index contributed by atoms with van der Waals surface area (Å²) < 4.78 is 0. The lowest BCUT2D eigenvalue weighted by Gasteiger charge is -2.30. The number of amides is 1. The molecule has 1 fully saturated rings. The number of nitrogens with two attached hydrogens (primary N) is 1. The van der Waals surface area contributed by atoms with Crippen molar-refractivity contribution in [3.63, 3.8) is 0 Å². The van der Waals surface area contributed by atoms with E-state index in [2.05, 4.69) is 24.5 Å². The highest BCUT2D eigenvalue weighted by Gasteiger charge is 2.23. The van der Waals surface area contributed by atoms with E-state index in [9.17, 15) is 9.59 Å². The molecule has 1 atom stereocenters. The Balaban J connectivity index is 1.68. The van der Waals surface area contributed by atoms with E-state index in [-0.39, 0.29) is 18.4 Å². The molecule has 1 radical (unpaired) electrons. The highest BCUT2D eigenvalue weighted by Crippen LogP contribution is 2.22. The second kappa shape index (κ2) is 7.58. The van der Waals surface area contributed by atoms with Gasteiger partial charge in [0.2, 0.25) is 12.2 Å². The van der Waals surface area contributed by atoms with E-state index in [0.717, 1.165) is 29.2 Å². The van der Waals surface area contributed by atoms with Crippen molar-refractivity contribution >= 4 is 23.0 Å². The number of carbonyl (C=O) groups excluding carboxylic acids is 2. The van der Waals surface area contributed by atoms with Gasteiger partial charge in [0, 0.05) is 31.5 Å². The summed E-state index contributed by atoms with van der Waals surface area (Å²) in [6, 6.07) is 14.4. The number of benzene rings is 2. The van der Waals surface area contributed by atoms with Crippen LogP contribution in [0.3, 0.4) is 0 Å². The van der Waals surface area contributed by atoms with Crippen LogP contribution in [0.15, 0.2) is 42.5 Å². The van der Waals surface area contributed by atoms with Crippen molar-refractivity contribution in [1.82, 2.24) is 4.90 Å². The molecule has 4 heteroatoms. The Bertz CT molecular complexity index is 715. The Hall–Kier alpha value is -2.20. The van der Waals surface area contributed by atoms with Gasteiger partial charge in [-0.25, -0.2) is 0 Å². The fraction of sp³-hybridized carbons (Fsp3) is 0.400. The molecule has 1 heterocycles. The topological polar surface area (TPSA) is 63.4 Å². The lowest BCUT2D eigenvalue weighted by atomic mass is 9.93. The van der Waals surface area contributed by atoms with Crippen molar-refractivity contribution in [2.24, 2.45) is 11.7 Å². The summed E-state index contributed by atoms with van der Waals surface area (Å²) in [4.78, 5) is 25.7. The van der Waals surface area contributed by atoms with Crippen LogP contribution in [0.1, 0.15) is 24.8 Å². The summed E-state index contributed by atoms with van der Waals surface area (Å²) in [5.41, 5.74) is 6.97. The van der Waals surface area contributed by atoms with Crippen molar-refractivity contribution in [2.45, 2.75) is 31.7 Å². The van der Waals surface area contributed by atoms with Crippen LogP contribution in [-0.2, 0) is 16.0 Å². The Kier molecular flexibility index (Phi) is 5.26. The molecule has 2 aromatic rings. The van der Waals surface area contributed by atoms with Gasteiger partial charge in [0.05, 0.1) is 0 Å². The first-order valence-corrected chi connectivity index (χ1v) is 8.55. The molecular formula is C20H23N2O2. The Labute approximate surface area is 142 Å². The van der Waals surface area contributed by atoms with E-state index >= 15 is 0 Å². The molecule has 0 spiro atoms. The van der Waals surface area contributed by atoms with Gasteiger partial charge in [-0.15, -0.1) is 0 Å². The fourth-order valence-corrected chi connectivity index (χ4v) is 3.38. The summed E-state index contributed by atoms with van der Waals surface area (Å²) >= 11 is 0. The Morgan fingerprint density at radius 3 is 2.62 bits per heavy atom. The second-order valence-corrected chi connectivity index (χ2v) is 6.58. The molecule has 1 unspecified atom stereocenters. The normalized spacial score (nSPS) is 17.0. The summed E-state index contributed by atoms with van der Waals surface area (Å²) in [6.07, 6.45) is 4.52. The largest absolute Gasteiger partial charge is 0.343 e. The zero-order chi connectivity index (χ0) is 16.9. The maximum absolute atomic E-state index is 12.4. The van der Waals surface area contributed by atoms with Crippen LogP contribution in [0, 0.1) is 5.92 Å². The van der Waals surface area contributed by atoms with Crippen molar-refractivity contribution in [3.8, 4) is 0 Å². The third-order valence-electron chi connectivity index (χ3n) is 4.83. The molecule has 24 heavy (non-hydrogen) atoms. The van der Waals surface area contributed by atoms with Crippen LogP contribution < -0.4 is 5.73 Å². The molecule has 1 aliphatic rings. The van der Waals surface area contributed by atoms with Gasteiger partial charge in [-0.05, 0) is 35.6 Å². The van der Waals surface area contributed by atoms with Gasteiger partial charge >= 0.3 is 0 Å². The summed E-state index contributed by atoms with van der Waals surface area (Å²) in [6.45, 7) is 1.39. The molecule has 1 aliphatic heterocycles. The standard InChI is InChI=1S/C20H23N2O2/c21-18-8-10-22(11-9-18)20(24)13-15(14-23)12-17-6-3-5-16-4-1-2-7-19(16)17/h1-7,15,18H,8-13,21H2. The van der Waals surface area contributed by atoms with E-state index < -0.39 is 5.92 Å². The monoisotopic (exact) mass is 323 g/mol. The molecule has 1 amide bonds. The van der Waals surface area contributed by atoms with Crippen molar-refractivity contribution in [1.29, 1.82) is 0 Å². The zero-order valence-electron chi connectivity index (χ0n) is 13.8. The van der Waals surface area contributed by atoms with E-state index in [1.165, 1.54) is 0 Å². The average molecular weight is 323 g/mol. The van der Waals surface area contributed by atoms with Gasteiger partial charge in [0.25, 0.3) is 0 Å². The second-order valence-electron chi connectivity index (χ2n) is 6.58. The van der Waals surface area contributed by atoms with Gasteiger partial charge in [-0.3, -0.25) is 9.59 Å². The summed E-state index contributed by atoms with van der Waals surface area (Å²) in [7, 11) is 0. The molecule has 125 valence electrons. The number of hydrogen-bond acceptors (Lipinski definition) is 3. The predicted molar refractivity (Wildman–Crippen MR) is 95.2 cm³/mol. The van der Waals surface area contributed by atoms with Gasteiger partial charge in [0.1, 0.15) is 0 Å². The first kappa shape index (κ1) is 16.7. The highest BCUT2D eigenvalue weighted by molar-refractivity contribution is 5.86. The number of fused-ring (bicyclic) bond motifs is 1. The number of nitrogens with zero attached hydrogens (tertiary/aromatic N) is 1. The Morgan fingerprint density at radius 2 is 1.88 bits per heavy atom. The molecule has 0 aliphatic carbocycles. The molecule has 2 N–H and O–H groups in total. The van der Waals surface area contributed by atoms with E-state index in [0.29, 0.717) is 19.5 Å². The molecule has 0 saturated carbocycles. The third kappa shape index (κ3) is 3.82. The first-order chi connectivity index (χ1) is 11.7. The van der Waals surface area contributed by atoms with Crippen molar-refractivity contribution in [2.75, 3.05) is 13.1 Å². The minimum Gasteiger partial charge on any atom is -0.343 e. The molecule has 1 saturated heterocycles. The molecular weight excluding hydrogens is 300 g/mol. The third-order valence-corrected chi connectivity index (χ3v) is 4.83. The smallest absolute Gasteiger partial charge is 0.223 e. The van der Waals surface area contributed by atoms with Gasteiger partial charge in [-0.2, -0.15) is 0 Å². The van der Waals surface area contributed by atoms with Crippen LogP contribution in [0.25, 0.3) is 10.8 Å². The molecule has 0 aromatic heterocycles. The minimum absolute atomic E-state index is 0.0375. The fourth-order valence-electron chi connectivity index (χ4n) is 3.38. The van der Waals surface area contributed by atoms with Crippen LogP contribution in [0.4, 0.5) is 0 Å². The number of hydrogen-bond donors (Lipinski definition) is 1. The number of carbonyl (C=O) groups is 1. The number of piperidine rings is 1. The highest BCUT2D eigenvalue weighted by atomic mass is 16.2. The Morgan fingerprint density at radius 1 is 1.17 bits per heavy atom. The molecule has 2 aromatic carbocycles. The quantitative estimate of drug-likeness (QED) is 0.919. The summed E-state index contributed by atoms with van der Waals surface area (Å²) in [5, 5.41) is 2.28. The predicted octanol–water partition coefficient (Wildman–Crippen LogP) is 2.45. The molecule has 4 nitrogen and oxygen atoms in total. The minimum atomic E-state index is -0.404. The van der Waals surface area contributed by atoms with Crippen LogP contribution in [0.2, 0.25) is 0 Å². The van der Waals surface area contributed by atoms with Crippen molar-refractivity contribution < 1.29 is 9.59 Å². The van der Waals surface area contributed by atoms with Gasteiger partial charge in [-0.1, -0.05) is 42.5 Å². The van der Waals surface area contributed by atoms with E-state index in [1.54, 1.807) is 0 Å². The first-order valence-electron chi connectivity index (χ1n) is 8.55. The molecule has 0 bridgehead atoms. The van der Waals surface area contributed by atoms with Gasteiger partial charge in [0.15, 0.2) is 0 Å². The maximum Gasteiger partial charge on any atom is 0.223 e. The number of rotatable bonds is 5. The van der Waals surface area contributed by atoms with Crippen LogP contribution in [0.5, 0.6) is 0 Å². The van der Waals surface area contributed by atoms with Gasteiger partial charge < -0.3 is 10.6 Å². The summed E-state index contributed by atoms with van der Waals surface area (Å²) in [5.74, 6) is -0.366.